The van der Waals surface area contributed by atoms with Gasteiger partial charge in [-0.15, -0.1) is 11.3 Å². The second-order valence-electron chi connectivity index (χ2n) is 7.70. The maximum Gasteiger partial charge on any atom is 0.227 e. The second-order valence-corrected chi connectivity index (χ2v) is 10.7. The van der Waals surface area contributed by atoms with E-state index in [4.69, 9.17) is 4.74 Å². The van der Waals surface area contributed by atoms with Gasteiger partial charge < -0.3 is 9.30 Å². The first-order valence-corrected chi connectivity index (χ1v) is 12.0. The molecule has 3 rings (SSSR count). The molecule has 8 heteroatoms. The average Bonchev–Trinajstić information content (AvgIpc) is 3.31. The molecule has 1 aliphatic heterocycles. The van der Waals surface area contributed by atoms with Crippen molar-refractivity contribution in [3.05, 3.63) is 34.3 Å². The number of aromatic nitrogens is 2. The Labute approximate surface area is 166 Å². The van der Waals surface area contributed by atoms with Gasteiger partial charge in [0.1, 0.15) is 0 Å². The van der Waals surface area contributed by atoms with E-state index in [1.54, 1.807) is 17.5 Å². The van der Waals surface area contributed by atoms with Gasteiger partial charge in [0.25, 0.3) is 0 Å². The zero-order valence-electron chi connectivity index (χ0n) is 16.3. The summed E-state index contributed by atoms with van der Waals surface area (Å²) in [6, 6.07) is 4.16. The lowest BCUT2D eigenvalue weighted by Crippen LogP contribution is -2.25. The molecule has 0 saturated carbocycles. The second kappa shape index (κ2) is 8.86. The Morgan fingerprint density at radius 1 is 1.41 bits per heavy atom. The maximum atomic E-state index is 13.0. The fourth-order valence-corrected chi connectivity index (χ4v) is 5.85. The normalized spacial score (nSPS) is 18.0. The number of thiophene rings is 1. The van der Waals surface area contributed by atoms with Crippen molar-refractivity contribution in [2.24, 2.45) is 5.92 Å². The molecular weight excluding hydrogens is 382 g/mol. The monoisotopic (exact) mass is 411 g/mol. The Balaban J connectivity index is 1.79. The highest BCUT2D eigenvalue weighted by Crippen LogP contribution is 2.22. The van der Waals surface area contributed by atoms with Gasteiger partial charge in [0.15, 0.2) is 0 Å². The van der Waals surface area contributed by atoms with Crippen molar-refractivity contribution >= 4 is 21.2 Å². The lowest BCUT2D eigenvalue weighted by Gasteiger charge is -2.19. The van der Waals surface area contributed by atoms with Gasteiger partial charge in [0.2, 0.25) is 15.0 Å². The number of hydrogen-bond donors (Lipinski definition) is 0. The number of ether oxygens (including phenoxy) is 1. The molecule has 0 aliphatic carbocycles. The summed E-state index contributed by atoms with van der Waals surface area (Å²) in [5.74, 6) is 0.351. The van der Waals surface area contributed by atoms with Crippen LogP contribution in [0, 0.1) is 5.92 Å². The van der Waals surface area contributed by atoms with Crippen LogP contribution in [-0.4, -0.2) is 48.4 Å². The highest BCUT2D eigenvalue weighted by molar-refractivity contribution is 7.91. The standard InChI is InChI=1S/C19H29N3O3S2/c1-15(2)11-22-16(12-21(3)13-18-7-5-9-26-18)10-20-19(22)27(23,24)14-17-6-4-8-25-17/h5,7,9-10,15,17H,4,6,8,11-14H2,1-3H3/t17-/m1/s1. The zero-order valence-corrected chi connectivity index (χ0v) is 17.9. The minimum atomic E-state index is -3.47. The minimum absolute atomic E-state index is 0.0204. The van der Waals surface area contributed by atoms with E-state index in [0.29, 0.717) is 25.6 Å². The summed E-state index contributed by atoms with van der Waals surface area (Å²) >= 11 is 1.73. The number of imidazole rings is 1. The molecule has 1 saturated heterocycles. The molecule has 1 aliphatic rings. The number of hydrogen-bond acceptors (Lipinski definition) is 6. The number of sulfone groups is 1. The molecule has 6 nitrogen and oxygen atoms in total. The van der Waals surface area contributed by atoms with Gasteiger partial charge in [-0.2, -0.15) is 0 Å². The van der Waals surface area contributed by atoms with Crippen molar-refractivity contribution in [3.63, 3.8) is 0 Å². The Morgan fingerprint density at radius 2 is 2.22 bits per heavy atom. The fraction of sp³-hybridized carbons (Fsp3) is 0.632. The first-order chi connectivity index (χ1) is 12.8. The third-order valence-electron chi connectivity index (χ3n) is 4.59. The number of rotatable bonds is 9. The summed E-state index contributed by atoms with van der Waals surface area (Å²) in [5.41, 5.74) is 0.939. The van der Waals surface area contributed by atoms with E-state index in [1.165, 1.54) is 4.88 Å². The molecule has 0 N–H and O–H groups in total. The largest absolute Gasteiger partial charge is 0.377 e. The average molecular weight is 412 g/mol. The van der Waals surface area contributed by atoms with E-state index in [2.05, 4.69) is 35.2 Å². The predicted octanol–water partition coefficient (Wildman–Crippen LogP) is 3.19. The summed E-state index contributed by atoms with van der Waals surface area (Å²) in [6.45, 7) is 6.97. The van der Waals surface area contributed by atoms with Crippen molar-refractivity contribution in [2.45, 2.75) is 57.6 Å². The van der Waals surface area contributed by atoms with E-state index in [-0.39, 0.29) is 17.0 Å². The molecule has 27 heavy (non-hydrogen) atoms. The maximum absolute atomic E-state index is 13.0. The molecule has 2 aromatic heterocycles. The van der Waals surface area contributed by atoms with Crippen molar-refractivity contribution in [2.75, 3.05) is 19.4 Å². The van der Waals surface area contributed by atoms with Gasteiger partial charge in [-0.3, -0.25) is 4.90 Å². The molecule has 0 amide bonds. The summed E-state index contributed by atoms with van der Waals surface area (Å²) in [5, 5.41) is 2.26. The van der Waals surface area contributed by atoms with Crippen LogP contribution in [0.25, 0.3) is 0 Å². The van der Waals surface area contributed by atoms with Crippen LogP contribution in [0.3, 0.4) is 0 Å². The van der Waals surface area contributed by atoms with Crippen molar-refractivity contribution < 1.29 is 13.2 Å². The van der Waals surface area contributed by atoms with Crippen LogP contribution in [0.15, 0.2) is 28.9 Å². The van der Waals surface area contributed by atoms with Crippen LogP contribution in [0.2, 0.25) is 0 Å². The van der Waals surface area contributed by atoms with Gasteiger partial charge in [0.05, 0.1) is 23.7 Å². The van der Waals surface area contributed by atoms with Crippen molar-refractivity contribution in [1.82, 2.24) is 14.5 Å². The molecular formula is C19H29N3O3S2. The number of nitrogens with zero attached hydrogens (tertiary/aromatic N) is 3. The Kier molecular flexibility index (Phi) is 6.73. The topological polar surface area (TPSA) is 64.4 Å². The Morgan fingerprint density at radius 3 is 2.85 bits per heavy atom. The highest BCUT2D eigenvalue weighted by atomic mass is 32.2. The summed E-state index contributed by atoms with van der Waals surface area (Å²) in [6.07, 6.45) is 3.25. The summed E-state index contributed by atoms with van der Waals surface area (Å²) < 4.78 is 33.4. The van der Waals surface area contributed by atoms with Crippen LogP contribution < -0.4 is 0 Å². The Bertz CT molecular complexity index is 823. The quantitative estimate of drug-likeness (QED) is 0.634. The van der Waals surface area contributed by atoms with Gasteiger partial charge in [-0.1, -0.05) is 19.9 Å². The van der Waals surface area contributed by atoms with Crippen LogP contribution >= 0.6 is 11.3 Å². The molecule has 1 atom stereocenters. The molecule has 0 bridgehead atoms. The molecule has 0 spiro atoms. The van der Waals surface area contributed by atoms with Crippen LogP contribution in [0.4, 0.5) is 0 Å². The lowest BCUT2D eigenvalue weighted by molar-refractivity contribution is 0.127. The highest BCUT2D eigenvalue weighted by Gasteiger charge is 2.29. The van der Waals surface area contributed by atoms with Gasteiger partial charge in [-0.05, 0) is 37.3 Å². The summed E-state index contributed by atoms with van der Waals surface area (Å²) in [4.78, 5) is 7.81. The van der Waals surface area contributed by atoms with Crippen LogP contribution in [0.1, 0.15) is 37.3 Å². The zero-order chi connectivity index (χ0) is 19.4. The lowest BCUT2D eigenvalue weighted by atomic mass is 10.2. The van der Waals surface area contributed by atoms with Gasteiger partial charge in [0, 0.05) is 31.1 Å². The van der Waals surface area contributed by atoms with Crippen molar-refractivity contribution in [1.29, 1.82) is 0 Å². The molecule has 1 fully saturated rings. The first kappa shape index (κ1) is 20.5. The fourth-order valence-electron chi connectivity index (χ4n) is 3.42. The molecule has 0 aromatic carbocycles. The molecule has 3 heterocycles. The van der Waals surface area contributed by atoms with Gasteiger partial charge >= 0.3 is 0 Å². The predicted molar refractivity (Wildman–Crippen MR) is 108 cm³/mol. The Hall–Kier alpha value is -1.22. The molecule has 0 radical (unpaired) electrons. The third kappa shape index (κ3) is 5.40. The van der Waals surface area contributed by atoms with E-state index in [0.717, 1.165) is 25.1 Å². The minimum Gasteiger partial charge on any atom is -0.377 e. The van der Waals surface area contributed by atoms with Crippen LogP contribution in [0.5, 0.6) is 0 Å². The molecule has 2 aromatic rings. The van der Waals surface area contributed by atoms with E-state index in [9.17, 15) is 8.42 Å². The molecule has 0 unspecified atom stereocenters. The van der Waals surface area contributed by atoms with E-state index < -0.39 is 9.84 Å². The van der Waals surface area contributed by atoms with Crippen LogP contribution in [-0.2, 0) is 34.2 Å². The third-order valence-corrected chi connectivity index (χ3v) is 7.15. The first-order valence-electron chi connectivity index (χ1n) is 9.45. The summed E-state index contributed by atoms with van der Waals surface area (Å²) in [7, 11) is -1.43. The smallest absolute Gasteiger partial charge is 0.227 e. The van der Waals surface area contributed by atoms with Gasteiger partial charge in [-0.25, -0.2) is 13.4 Å². The van der Waals surface area contributed by atoms with E-state index in [1.807, 2.05) is 17.7 Å². The van der Waals surface area contributed by atoms with E-state index >= 15 is 0 Å². The van der Waals surface area contributed by atoms with Crippen molar-refractivity contribution in [3.8, 4) is 0 Å². The molecule has 150 valence electrons. The SMILES string of the molecule is CC(C)Cn1c(CN(C)Cc2cccs2)cnc1S(=O)(=O)C[C@H]1CCCO1.